The number of nitrogens with one attached hydrogen (secondary N) is 1. The molecule has 1 saturated heterocycles. The molecule has 0 saturated carbocycles. The summed E-state index contributed by atoms with van der Waals surface area (Å²) in [5, 5.41) is 7.27. The molecule has 18 heavy (non-hydrogen) atoms. The Bertz CT molecular complexity index is 420. The fraction of sp³-hybridized carbons (Fsp3) is 0.500. The third kappa shape index (κ3) is 3.23. The van der Waals surface area contributed by atoms with Crippen molar-refractivity contribution in [3.8, 4) is 5.75 Å². The van der Waals surface area contributed by atoms with E-state index in [9.17, 15) is 0 Å². The largest absolute Gasteiger partial charge is 0.493 e. The van der Waals surface area contributed by atoms with Gasteiger partial charge in [0.05, 0.1) is 6.61 Å². The molecule has 0 amide bonds. The average Bonchev–Trinajstić information content (AvgIpc) is 2.38. The molecule has 4 nitrogen and oxygen atoms in total. The quantitative estimate of drug-likeness (QED) is 0.632. The molecule has 1 aliphatic heterocycles. The van der Waals surface area contributed by atoms with E-state index >= 15 is 0 Å². The second kappa shape index (κ2) is 5.87. The maximum atomic E-state index is 7.27. The summed E-state index contributed by atoms with van der Waals surface area (Å²) in [7, 11) is 2.16. The smallest absolute Gasteiger partial charge is 0.120 e. The minimum absolute atomic E-state index is 0.602. The van der Waals surface area contributed by atoms with Crippen LogP contribution in [0.15, 0.2) is 18.2 Å². The Balaban J connectivity index is 1.91. The molecule has 0 aromatic heterocycles. The van der Waals surface area contributed by atoms with Gasteiger partial charge in [-0.05, 0) is 44.6 Å². The number of piperidine rings is 1. The SMILES string of the molecule is CN1CCCC(COc2ccc(N)c(C=N)c2)C1. The van der Waals surface area contributed by atoms with Gasteiger partial charge in [-0.25, -0.2) is 0 Å². The summed E-state index contributed by atoms with van der Waals surface area (Å²) < 4.78 is 5.81. The zero-order valence-electron chi connectivity index (χ0n) is 10.9. The molecule has 4 heteroatoms. The molecule has 1 aliphatic rings. The molecule has 1 aromatic carbocycles. The van der Waals surface area contributed by atoms with Gasteiger partial charge in [0.25, 0.3) is 0 Å². The lowest BCUT2D eigenvalue weighted by Crippen LogP contribution is -2.34. The van der Waals surface area contributed by atoms with Crippen molar-refractivity contribution in [2.75, 3.05) is 32.5 Å². The van der Waals surface area contributed by atoms with E-state index in [2.05, 4.69) is 11.9 Å². The summed E-state index contributed by atoms with van der Waals surface area (Å²) >= 11 is 0. The molecule has 3 N–H and O–H groups in total. The first kappa shape index (κ1) is 12.9. The Morgan fingerprint density at radius 2 is 2.39 bits per heavy atom. The summed E-state index contributed by atoms with van der Waals surface area (Å²) in [5.74, 6) is 1.40. The van der Waals surface area contributed by atoms with Crippen LogP contribution in [0.25, 0.3) is 0 Å². The first-order valence-electron chi connectivity index (χ1n) is 6.40. The minimum atomic E-state index is 0.602. The summed E-state index contributed by atoms with van der Waals surface area (Å²) in [6, 6.07) is 5.49. The van der Waals surface area contributed by atoms with Gasteiger partial charge in [-0.2, -0.15) is 0 Å². The van der Waals surface area contributed by atoms with E-state index in [1.807, 2.05) is 12.1 Å². The van der Waals surface area contributed by atoms with Crippen LogP contribution in [-0.2, 0) is 0 Å². The highest BCUT2D eigenvalue weighted by Crippen LogP contribution is 2.21. The topological polar surface area (TPSA) is 62.3 Å². The molecular formula is C14H21N3O. The number of likely N-dealkylation sites (tertiary alicyclic amines) is 1. The Kier molecular flexibility index (Phi) is 4.20. The van der Waals surface area contributed by atoms with Crippen molar-refractivity contribution in [3.05, 3.63) is 23.8 Å². The van der Waals surface area contributed by atoms with Gasteiger partial charge in [0, 0.05) is 29.9 Å². The van der Waals surface area contributed by atoms with Crippen LogP contribution < -0.4 is 10.5 Å². The molecule has 1 fully saturated rings. The number of nitrogens with two attached hydrogens (primary N) is 1. The molecule has 1 atom stereocenters. The zero-order valence-corrected chi connectivity index (χ0v) is 10.9. The van der Waals surface area contributed by atoms with Gasteiger partial charge < -0.3 is 20.8 Å². The van der Waals surface area contributed by atoms with Gasteiger partial charge in [0.15, 0.2) is 0 Å². The monoisotopic (exact) mass is 247 g/mol. The van der Waals surface area contributed by atoms with Crippen LogP contribution in [0.3, 0.4) is 0 Å². The summed E-state index contributed by atoms with van der Waals surface area (Å²) in [6.07, 6.45) is 3.74. The standard InChI is InChI=1S/C14H21N3O/c1-17-6-2-3-11(9-17)10-18-13-4-5-14(16)12(7-13)8-15/h4-5,7-8,11,15H,2-3,6,9-10,16H2,1H3. The highest BCUT2D eigenvalue weighted by atomic mass is 16.5. The van der Waals surface area contributed by atoms with Crippen molar-refractivity contribution in [2.24, 2.45) is 5.92 Å². The maximum Gasteiger partial charge on any atom is 0.120 e. The van der Waals surface area contributed by atoms with Crippen LogP contribution >= 0.6 is 0 Å². The molecule has 0 radical (unpaired) electrons. The highest BCUT2D eigenvalue weighted by molar-refractivity contribution is 5.85. The Morgan fingerprint density at radius 3 is 3.11 bits per heavy atom. The lowest BCUT2D eigenvalue weighted by atomic mass is 9.99. The van der Waals surface area contributed by atoms with Gasteiger partial charge in [-0.3, -0.25) is 0 Å². The summed E-state index contributed by atoms with van der Waals surface area (Å²) in [5.41, 5.74) is 7.08. The Hall–Kier alpha value is -1.55. The van der Waals surface area contributed by atoms with Crippen LogP contribution in [0.5, 0.6) is 5.75 Å². The first-order chi connectivity index (χ1) is 8.69. The number of nitrogens with zero attached hydrogens (tertiary/aromatic N) is 1. The van der Waals surface area contributed by atoms with Crippen molar-refractivity contribution in [3.63, 3.8) is 0 Å². The number of rotatable bonds is 4. The van der Waals surface area contributed by atoms with E-state index in [0.717, 1.165) is 18.9 Å². The number of hydrogen-bond donors (Lipinski definition) is 2. The third-order valence-electron chi connectivity index (χ3n) is 3.42. The second-order valence-corrected chi connectivity index (χ2v) is 5.02. The van der Waals surface area contributed by atoms with Crippen LogP contribution in [0.1, 0.15) is 18.4 Å². The number of ether oxygens (including phenoxy) is 1. The highest BCUT2D eigenvalue weighted by Gasteiger charge is 2.17. The molecule has 0 aliphatic carbocycles. The minimum Gasteiger partial charge on any atom is -0.493 e. The van der Waals surface area contributed by atoms with E-state index in [0.29, 0.717) is 17.2 Å². The lowest BCUT2D eigenvalue weighted by molar-refractivity contribution is 0.150. The summed E-state index contributed by atoms with van der Waals surface area (Å²) in [6.45, 7) is 3.04. The lowest BCUT2D eigenvalue weighted by Gasteiger charge is -2.29. The van der Waals surface area contributed by atoms with Gasteiger partial charge in [0.1, 0.15) is 5.75 Å². The van der Waals surface area contributed by atoms with Crippen molar-refractivity contribution >= 4 is 11.9 Å². The normalized spacial score (nSPS) is 20.6. The van der Waals surface area contributed by atoms with Gasteiger partial charge in [-0.15, -0.1) is 0 Å². The van der Waals surface area contributed by atoms with Crippen molar-refractivity contribution < 1.29 is 4.74 Å². The number of benzene rings is 1. The van der Waals surface area contributed by atoms with Crippen LogP contribution in [0, 0.1) is 11.3 Å². The van der Waals surface area contributed by atoms with Crippen molar-refractivity contribution in [1.82, 2.24) is 4.90 Å². The molecule has 1 unspecified atom stereocenters. The number of nitrogen functional groups attached to an aromatic ring is 1. The fourth-order valence-corrected chi connectivity index (χ4v) is 2.39. The summed E-state index contributed by atoms with van der Waals surface area (Å²) in [4.78, 5) is 2.35. The molecule has 0 bridgehead atoms. The number of hydrogen-bond acceptors (Lipinski definition) is 4. The first-order valence-corrected chi connectivity index (χ1v) is 6.40. The van der Waals surface area contributed by atoms with E-state index in [1.165, 1.54) is 25.6 Å². The van der Waals surface area contributed by atoms with E-state index in [-0.39, 0.29) is 0 Å². The van der Waals surface area contributed by atoms with Crippen LogP contribution in [0.2, 0.25) is 0 Å². The molecule has 1 heterocycles. The second-order valence-electron chi connectivity index (χ2n) is 5.02. The fourth-order valence-electron chi connectivity index (χ4n) is 2.39. The molecule has 0 spiro atoms. The maximum absolute atomic E-state index is 7.27. The number of anilines is 1. The predicted octanol–water partition coefficient (Wildman–Crippen LogP) is 1.99. The van der Waals surface area contributed by atoms with Crippen LogP contribution in [0.4, 0.5) is 5.69 Å². The Labute approximate surface area is 108 Å². The van der Waals surface area contributed by atoms with Crippen molar-refractivity contribution in [1.29, 1.82) is 5.41 Å². The molecule has 98 valence electrons. The van der Waals surface area contributed by atoms with Crippen LogP contribution in [-0.4, -0.2) is 37.9 Å². The van der Waals surface area contributed by atoms with Crippen molar-refractivity contribution in [2.45, 2.75) is 12.8 Å². The molecule has 2 rings (SSSR count). The zero-order chi connectivity index (χ0) is 13.0. The molecule has 1 aromatic rings. The Morgan fingerprint density at radius 1 is 1.56 bits per heavy atom. The van der Waals surface area contributed by atoms with Gasteiger partial charge >= 0.3 is 0 Å². The van der Waals surface area contributed by atoms with E-state index < -0.39 is 0 Å². The average molecular weight is 247 g/mol. The predicted molar refractivity (Wildman–Crippen MR) is 74.5 cm³/mol. The van der Waals surface area contributed by atoms with Gasteiger partial charge in [-0.1, -0.05) is 0 Å². The molecular weight excluding hydrogens is 226 g/mol. The third-order valence-corrected chi connectivity index (χ3v) is 3.42. The van der Waals surface area contributed by atoms with E-state index in [1.54, 1.807) is 6.07 Å². The van der Waals surface area contributed by atoms with Gasteiger partial charge in [0.2, 0.25) is 0 Å². The van der Waals surface area contributed by atoms with E-state index in [4.69, 9.17) is 15.9 Å².